The molecule has 0 aliphatic heterocycles. The van der Waals surface area contributed by atoms with Gasteiger partial charge in [0.15, 0.2) is 5.82 Å². The summed E-state index contributed by atoms with van der Waals surface area (Å²) in [5, 5.41) is 30.7. The molecule has 0 aliphatic rings. The van der Waals surface area contributed by atoms with Crippen molar-refractivity contribution in [1.29, 1.82) is 0 Å². The van der Waals surface area contributed by atoms with Gasteiger partial charge < -0.3 is 10.2 Å². The maximum absolute atomic E-state index is 11.7. The summed E-state index contributed by atoms with van der Waals surface area (Å²) in [5.74, 6) is -0.599. The van der Waals surface area contributed by atoms with Gasteiger partial charge >= 0.3 is 5.97 Å². The number of aryl methyl sites for hydroxylation is 2. The summed E-state index contributed by atoms with van der Waals surface area (Å²) in [5.41, 5.74) is -0.778. The molecular weight excluding hydrogens is 260 g/mol. The van der Waals surface area contributed by atoms with Crippen LogP contribution < -0.4 is 0 Å². The Morgan fingerprint density at radius 3 is 2.55 bits per heavy atom. The van der Waals surface area contributed by atoms with E-state index < -0.39 is 18.0 Å². The number of carbonyl (C=O) groups is 1. The van der Waals surface area contributed by atoms with E-state index in [4.69, 9.17) is 0 Å². The molecule has 20 heavy (non-hydrogen) atoms. The molecule has 1 heterocycles. The maximum atomic E-state index is 11.7. The third-order valence-electron chi connectivity index (χ3n) is 3.33. The molecule has 0 bridgehead atoms. The molecule has 0 fully saturated rings. The first-order chi connectivity index (χ1) is 9.58. The predicted octanol–water partition coefficient (Wildman–Crippen LogP) is 0.158. The average molecular weight is 276 g/mol. The Balaban J connectivity index is 2.26. The van der Waals surface area contributed by atoms with E-state index in [0.717, 1.165) is 0 Å². The molecule has 0 saturated carbocycles. The van der Waals surface area contributed by atoms with Crippen LogP contribution in [-0.2, 0) is 23.7 Å². The largest absolute Gasteiger partial charge is 0.481 e. The zero-order valence-corrected chi connectivity index (χ0v) is 11.1. The van der Waals surface area contributed by atoms with Crippen LogP contribution in [0.1, 0.15) is 17.8 Å². The van der Waals surface area contributed by atoms with Gasteiger partial charge in [-0.15, -0.1) is 10.2 Å². The normalized spacial score (nSPS) is 13.9. The number of aliphatic hydroxyl groups excluding tert-OH is 1. The molecular formula is C13H16N4O3. The van der Waals surface area contributed by atoms with Crippen LogP contribution in [0.25, 0.3) is 0 Å². The van der Waals surface area contributed by atoms with Crippen molar-refractivity contribution in [3.05, 3.63) is 41.7 Å². The molecule has 106 valence electrons. The van der Waals surface area contributed by atoms with E-state index >= 15 is 0 Å². The quantitative estimate of drug-likeness (QED) is 0.779. The lowest BCUT2D eigenvalue weighted by Gasteiger charge is -2.27. The van der Waals surface area contributed by atoms with Crippen LogP contribution in [0, 0.1) is 0 Å². The highest BCUT2D eigenvalue weighted by molar-refractivity contribution is 5.81. The van der Waals surface area contributed by atoms with E-state index in [1.165, 1.54) is 4.80 Å². The molecule has 2 N–H and O–H groups in total. The van der Waals surface area contributed by atoms with Crippen molar-refractivity contribution in [1.82, 2.24) is 20.2 Å². The van der Waals surface area contributed by atoms with Crippen molar-refractivity contribution < 1.29 is 15.0 Å². The number of carboxylic acid groups (broad SMARTS) is 1. The van der Waals surface area contributed by atoms with Crippen LogP contribution in [0.3, 0.4) is 0 Å². The van der Waals surface area contributed by atoms with Gasteiger partial charge in [-0.05, 0) is 17.2 Å². The van der Waals surface area contributed by atoms with E-state index in [2.05, 4.69) is 15.4 Å². The van der Waals surface area contributed by atoms with Gasteiger partial charge in [-0.25, -0.2) is 0 Å². The zero-order chi connectivity index (χ0) is 14.6. The number of benzene rings is 1. The summed E-state index contributed by atoms with van der Waals surface area (Å²) in [4.78, 5) is 13.0. The monoisotopic (exact) mass is 276 g/mol. The van der Waals surface area contributed by atoms with Crippen molar-refractivity contribution in [3.63, 3.8) is 0 Å². The van der Waals surface area contributed by atoms with Gasteiger partial charge in [0.25, 0.3) is 0 Å². The fourth-order valence-electron chi connectivity index (χ4n) is 2.12. The van der Waals surface area contributed by atoms with Gasteiger partial charge in [-0.2, -0.15) is 4.80 Å². The minimum atomic E-state index is -1.35. The average Bonchev–Trinajstić information content (AvgIpc) is 2.87. The number of hydrogen-bond donors (Lipinski definition) is 2. The lowest BCUT2D eigenvalue weighted by Crippen LogP contribution is -2.40. The van der Waals surface area contributed by atoms with Gasteiger partial charge in [0.1, 0.15) is 5.41 Å². The number of aromatic nitrogens is 4. The summed E-state index contributed by atoms with van der Waals surface area (Å²) >= 11 is 0. The highest BCUT2D eigenvalue weighted by Crippen LogP contribution is 2.29. The smallest absolute Gasteiger partial charge is 0.316 e. The Hall–Kier alpha value is -2.28. The van der Waals surface area contributed by atoms with Crippen molar-refractivity contribution in [3.8, 4) is 0 Å². The van der Waals surface area contributed by atoms with E-state index in [9.17, 15) is 15.0 Å². The first-order valence-electron chi connectivity index (χ1n) is 6.21. The molecule has 0 radical (unpaired) electrons. The standard InChI is InChI=1S/C13H16N4O3/c1-17-15-11(14-16-17)7-8-13(9-18,12(19)20)10-5-3-2-4-6-10/h2-6,18H,7-9H2,1H3,(H,19,20)/t13-/m1/s1. The molecule has 0 unspecified atom stereocenters. The van der Waals surface area contributed by atoms with Crippen LogP contribution in [0.15, 0.2) is 30.3 Å². The number of hydrogen-bond acceptors (Lipinski definition) is 5. The number of carboxylic acids is 1. The molecule has 0 amide bonds. The Kier molecular flexibility index (Phi) is 4.09. The topological polar surface area (TPSA) is 101 Å². The van der Waals surface area contributed by atoms with Crippen molar-refractivity contribution in [2.24, 2.45) is 7.05 Å². The second kappa shape index (κ2) is 5.79. The molecule has 0 saturated heterocycles. The van der Waals surface area contributed by atoms with Crippen LogP contribution >= 0.6 is 0 Å². The van der Waals surface area contributed by atoms with Crippen molar-refractivity contribution in [2.45, 2.75) is 18.3 Å². The Bertz CT molecular complexity index is 584. The molecule has 1 aromatic carbocycles. The summed E-state index contributed by atoms with van der Waals surface area (Å²) in [6.07, 6.45) is 0.532. The van der Waals surface area contributed by atoms with Crippen molar-refractivity contribution >= 4 is 5.97 Å². The number of nitrogens with zero attached hydrogens (tertiary/aromatic N) is 4. The zero-order valence-electron chi connectivity index (χ0n) is 11.1. The van der Waals surface area contributed by atoms with Crippen LogP contribution in [0.5, 0.6) is 0 Å². The molecule has 7 heteroatoms. The van der Waals surface area contributed by atoms with E-state index in [-0.39, 0.29) is 6.42 Å². The Morgan fingerprint density at radius 2 is 2.05 bits per heavy atom. The molecule has 2 aromatic rings. The fourth-order valence-corrected chi connectivity index (χ4v) is 2.12. The predicted molar refractivity (Wildman–Crippen MR) is 70.0 cm³/mol. The lowest BCUT2D eigenvalue weighted by molar-refractivity contribution is -0.146. The summed E-state index contributed by atoms with van der Waals surface area (Å²) < 4.78 is 0. The molecule has 1 aromatic heterocycles. The summed E-state index contributed by atoms with van der Waals surface area (Å²) in [7, 11) is 1.64. The van der Waals surface area contributed by atoms with E-state index in [1.54, 1.807) is 37.4 Å². The van der Waals surface area contributed by atoms with E-state index in [0.29, 0.717) is 17.8 Å². The first-order valence-corrected chi connectivity index (χ1v) is 6.21. The SMILES string of the molecule is Cn1nnc(CC[C@](CO)(C(=O)O)c2ccccc2)n1. The summed E-state index contributed by atoms with van der Waals surface area (Å²) in [6, 6.07) is 8.72. The second-order valence-electron chi connectivity index (χ2n) is 4.61. The highest BCUT2D eigenvalue weighted by atomic mass is 16.4. The third-order valence-corrected chi connectivity index (χ3v) is 3.33. The summed E-state index contributed by atoms with van der Waals surface area (Å²) in [6.45, 7) is -0.480. The van der Waals surface area contributed by atoms with Gasteiger partial charge in [0, 0.05) is 6.42 Å². The number of tetrazole rings is 1. The Labute approximate surface area is 115 Å². The van der Waals surface area contributed by atoms with Gasteiger partial charge in [0.2, 0.25) is 0 Å². The minimum absolute atomic E-state index is 0.203. The van der Waals surface area contributed by atoms with Crippen LogP contribution in [-0.4, -0.2) is 43.0 Å². The molecule has 2 rings (SSSR count). The lowest BCUT2D eigenvalue weighted by atomic mass is 9.77. The van der Waals surface area contributed by atoms with Crippen LogP contribution in [0.4, 0.5) is 0 Å². The first kappa shape index (κ1) is 14.1. The minimum Gasteiger partial charge on any atom is -0.481 e. The second-order valence-corrected chi connectivity index (χ2v) is 4.61. The maximum Gasteiger partial charge on any atom is 0.316 e. The number of rotatable bonds is 6. The molecule has 0 aliphatic carbocycles. The Morgan fingerprint density at radius 1 is 1.35 bits per heavy atom. The van der Waals surface area contributed by atoms with E-state index in [1.807, 2.05) is 0 Å². The van der Waals surface area contributed by atoms with Crippen molar-refractivity contribution in [2.75, 3.05) is 6.61 Å². The highest BCUT2D eigenvalue weighted by Gasteiger charge is 2.39. The third kappa shape index (κ3) is 2.67. The number of aliphatic hydroxyl groups is 1. The van der Waals surface area contributed by atoms with Gasteiger partial charge in [-0.1, -0.05) is 30.3 Å². The molecule has 7 nitrogen and oxygen atoms in total. The van der Waals surface area contributed by atoms with Gasteiger partial charge in [-0.3, -0.25) is 4.79 Å². The fraction of sp³-hybridized carbons (Fsp3) is 0.385. The molecule has 0 spiro atoms. The molecule has 1 atom stereocenters. The van der Waals surface area contributed by atoms with Gasteiger partial charge in [0.05, 0.1) is 13.7 Å². The number of aliphatic carboxylic acids is 1. The van der Waals surface area contributed by atoms with Crippen LogP contribution in [0.2, 0.25) is 0 Å².